The van der Waals surface area contributed by atoms with Gasteiger partial charge < -0.3 is 15.4 Å². The number of hydrogen-bond donors (Lipinski definition) is 2. The van der Waals surface area contributed by atoms with Crippen LogP contribution in [0.5, 0.6) is 0 Å². The molecule has 1 fully saturated rings. The van der Waals surface area contributed by atoms with Crippen LogP contribution in [0, 0.1) is 12.3 Å². The number of morpholine rings is 1. The van der Waals surface area contributed by atoms with Crippen LogP contribution < -0.4 is 10.6 Å². The zero-order valence-electron chi connectivity index (χ0n) is 16.0. The van der Waals surface area contributed by atoms with Crippen LogP contribution in [0.3, 0.4) is 0 Å². The number of carbonyl (C=O) groups excluding carboxylic acids is 2. The molecule has 1 heterocycles. The Morgan fingerprint density at radius 1 is 1.18 bits per heavy atom. The third kappa shape index (κ3) is 5.79. The summed E-state index contributed by atoms with van der Waals surface area (Å²) in [7, 11) is -3.65. The van der Waals surface area contributed by atoms with Crippen molar-refractivity contribution in [3.05, 3.63) is 29.8 Å². The van der Waals surface area contributed by atoms with Gasteiger partial charge in [0.2, 0.25) is 15.9 Å². The van der Waals surface area contributed by atoms with Crippen LogP contribution in [0.25, 0.3) is 0 Å². The maximum atomic E-state index is 12.8. The van der Waals surface area contributed by atoms with E-state index in [1.54, 1.807) is 0 Å². The third-order valence-electron chi connectivity index (χ3n) is 4.17. The van der Waals surface area contributed by atoms with Crippen LogP contribution in [0.4, 0.5) is 0 Å². The van der Waals surface area contributed by atoms with Crippen molar-refractivity contribution in [2.24, 2.45) is 0 Å². The highest BCUT2D eigenvalue weighted by molar-refractivity contribution is 7.89. The first-order valence-electron chi connectivity index (χ1n) is 8.98. The molecule has 28 heavy (non-hydrogen) atoms. The van der Waals surface area contributed by atoms with E-state index < -0.39 is 10.0 Å². The Balaban J connectivity index is 1.96. The molecule has 2 unspecified atom stereocenters. The van der Waals surface area contributed by atoms with E-state index in [1.165, 1.54) is 28.6 Å². The van der Waals surface area contributed by atoms with Gasteiger partial charge in [0, 0.05) is 31.6 Å². The first-order chi connectivity index (χ1) is 13.2. The minimum absolute atomic E-state index is 0.104. The van der Waals surface area contributed by atoms with Gasteiger partial charge in [0.15, 0.2) is 0 Å². The molecule has 1 saturated heterocycles. The molecule has 0 spiro atoms. The predicted octanol–water partition coefficient (Wildman–Crippen LogP) is 0.354. The SMILES string of the molecule is C#CCNC(=O)CCNC(=O)c1ccc(S(=O)(=O)N2CC(C)OC(C)C2)cc1. The molecule has 0 bridgehead atoms. The van der Waals surface area contributed by atoms with Gasteiger partial charge in [0.1, 0.15) is 0 Å². The first-order valence-corrected chi connectivity index (χ1v) is 10.4. The molecule has 1 aromatic carbocycles. The summed E-state index contributed by atoms with van der Waals surface area (Å²) in [6.07, 6.45) is 4.79. The molecular formula is C19H25N3O5S. The highest BCUT2D eigenvalue weighted by Crippen LogP contribution is 2.21. The van der Waals surface area contributed by atoms with Crippen LogP contribution in [0.1, 0.15) is 30.6 Å². The molecule has 0 aromatic heterocycles. The maximum Gasteiger partial charge on any atom is 0.251 e. The second kappa shape index (κ2) is 9.68. The number of benzene rings is 1. The number of ether oxygens (including phenoxy) is 1. The normalized spacial score (nSPS) is 20.2. The molecule has 1 aliphatic rings. The Bertz CT molecular complexity index is 835. The van der Waals surface area contributed by atoms with Gasteiger partial charge in [-0.1, -0.05) is 5.92 Å². The van der Waals surface area contributed by atoms with E-state index >= 15 is 0 Å². The standard InChI is InChI=1S/C19H25N3O5S/c1-4-10-20-18(23)9-11-21-19(24)16-5-7-17(8-6-16)28(25,26)22-12-14(2)27-15(3)13-22/h1,5-8,14-15H,9-13H2,2-3H3,(H,20,23)(H,21,24). The predicted molar refractivity (Wildman–Crippen MR) is 104 cm³/mol. The Kier molecular flexibility index (Phi) is 7.57. The number of rotatable bonds is 7. The van der Waals surface area contributed by atoms with Crippen LogP contribution >= 0.6 is 0 Å². The molecule has 8 nitrogen and oxygen atoms in total. The van der Waals surface area contributed by atoms with Gasteiger partial charge in [-0.15, -0.1) is 6.42 Å². The molecule has 2 atom stereocenters. The molecule has 0 saturated carbocycles. The number of terminal acetylenes is 1. The van der Waals surface area contributed by atoms with Crippen molar-refractivity contribution in [1.82, 2.24) is 14.9 Å². The quantitative estimate of drug-likeness (QED) is 0.635. The van der Waals surface area contributed by atoms with Crippen molar-refractivity contribution in [3.63, 3.8) is 0 Å². The third-order valence-corrected chi connectivity index (χ3v) is 6.01. The maximum absolute atomic E-state index is 12.8. The van der Waals surface area contributed by atoms with Gasteiger partial charge in [-0.05, 0) is 38.1 Å². The van der Waals surface area contributed by atoms with Gasteiger partial charge in [-0.25, -0.2) is 8.42 Å². The van der Waals surface area contributed by atoms with Gasteiger partial charge >= 0.3 is 0 Å². The van der Waals surface area contributed by atoms with Crippen LogP contribution in [-0.4, -0.2) is 62.9 Å². The summed E-state index contributed by atoms with van der Waals surface area (Å²) in [4.78, 5) is 23.7. The molecule has 0 radical (unpaired) electrons. The molecule has 2 N–H and O–H groups in total. The smallest absolute Gasteiger partial charge is 0.251 e. The minimum atomic E-state index is -3.65. The average Bonchev–Trinajstić information content (AvgIpc) is 2.65. The van der Waals surface area contributed by atoms with Crippen molar-refractivity contribution < 1.29 is 22.7 Å². The number of sulfonamides is 1. The lowest BCUT2D eigenvalue weighted by Gasteiger charge is -2.34. The summed E-state index contributed by atoms with van der Waals surface area (Å²) in [5.41, 5.74) is 0.312. The van der Waals surface area contributed by atoms with E-state index in [-0.39, 0.29) is 61.5 Å². The fourth-order valence-corrected chi connectivity index (χ4v) is 4.47. The van der Waals surface area contributed by atoms with E-state index in [0.29, 0.717) is 5.56 Å². The summed E-state index contributed by atoms with van der Waals surface area (Å²) in [6.45, 7) is 4.53. The Hall–Kier alpha value is -2.41. The largest absolute Gasteiger partial charge is 0.373 e. The van der Waals surface area contributed by atoms with E-state index in [1.807, 2.05) is 13.8 Å². The number of nitrogens with one attached hydrogen (secondary N) is 2. The fraction of sp³-hybridized carbons (Fsp3) is 0.474. The Labute approximate surface area is 165 Å². The first kappa shape index (κ1) is 21.9. The van der Waals surface area contributed by atoms with Gasteiger partial charge in [0.25, 0.3) is 5.91 Å². The van der Waals surface area contributed by atoms with E-state index in [2.05, 4.69) is 16.6 Å². The van der Waals surface area contributed by atoms with Gasteiger partial charge in [0.05, 0.1) is 23.6 Å². The number of nitrogens with zero attached hydrogens (tertiary/aromatic N) is 1. The van der Waals surface area contributed by atoms with E-state index in [4.69, 9.17) is 11.2 Å². The van der Waals surface area contributed by atoms with Gasteiger partial charge in [-0.3, -0.25) is 9.59 Å². The zero-order chi connectivity index (χ0) is 20.7. The van der Waals surface area contributed by atoms with Crippen LogP contribution in [0.2, 0.25) is 0 Å². The summed E-state index contributed by atoms with van der Waals surface area (Å²) >= 11 is 0. The lowest BCUT2D eigenvalue weighted by Crippen LogP contribution is -2.48. The molecule has 152 valence electrons. The molecule has 9 heteroatoms. The van der Waals surface area contributed by atoms with Crippen molar-refractivity contribution in [2.75, 3.05) is 26.2 Å². The summed E-state index contributed by atoms with van der Waals surface area (Å²) in [5, 5.41) is 5.11. The van der Waals surface area contributed by atoms with Crippen molar-refractivity contribution >= 4 is 21.8 Å². The van der Waals surface area contributed by atoms with E-state index in [0.717, 1.165) is 0 Å². The number of amides is 2. The summed E-state index contributed by atoms with van der Waals surface area (Å²) in [5.74, 6) is 1.65. The summed E-state index contributed by atoms with van der Waals surface area (Å²) in [6, 6.07) is 5.73. The van der Waals surface area contributed by atoms with Gasteiger partial charge in [-0.2, -0.15) is 4.31 Å². The number of hydrogen-bond acceptors (Lipinski definition) is 5. The lowest BCUT2D eigenvalue weighted by atomic mass is 10.2. The number of carbonyl (C=O) groups is 2. The second-order valence-corrected chi connectivity index (χ2v) is 8.53. The highest BCUT2D eigenvalue weighted by Gasteiger charge is 2.32. The average molecular weight is 407 g/mol. The zero-order valence-corrected chi connectivity index (χ0v) is 16.8. The molecule has 2 amide bonds. The van der Waals surface area contributed by atoms with Crippen LogP contribution in [0.15, 0.2) is 29.2 Å². The van der Waals surface area contributed by atoms with Crippen molar-refractivity contribution in [1.29, 1.82) is 0 Å². The van der Waals surface area contributed by atoms with Crippen LogP contribution in [-0.2, 0) is 19.6 Å². The highest BCUT2D eigenvalue weighted by atomic mass is 32.2. The molecule has 1 aromatic rings. The minimum Gasteiger partial charge on any atom is -0.373 e. The molecule has 0 aliphatic carbocycles. The molecule has 1 aliphatic heterocycles. The second-order valence-electron chi connectivity index (χ2n) is 6.59. The topological polar surface area (TPSA) is 105 Å². The van der Waals surface area contributed by atoms with Crippen molar-refractivity contribution in [2.45, 2.75) is 37.4 Å². The Morgan fingerprint density at radius 2 is 1.79 bits per heavy atom. The lowest BCUT2D eigenvalue weighted by molar-refractivity contribution is -0.120. The fourth-order valence-electron chi connectivity index (χ4n) is 2.88. The van der Waals surface area contributed by atoms with E-state index in [9.17, 15) is 18.0 Å². The summed E-state index contributed by atoms with van der Waals surface area (Å²) < 4.78 is 32.6. The molecular weight excluding hydrogens is 382 g/mol. The molecule has 2 rings (SSSR count). The Morgan fingerprint density at radius 3 is 2.36 bits per heavy atom. The van der Waals surface area contributed by atoms with Crippen molar-refractivity contribution in [3.8, 4) is 12.3 Å². The monoisotopic (exact) mass is 407 g/mol.